The first kappa shape index (κ1) is 20.8. The molecule has 0 spiro atoms. The molecule has 29 heavy (non-hydrogen) atoms. The number of carbonyl (C=O) groups is 1. The molecule has 0 atom stereocenters. The van der Waals surface area contributed by atoms with Gasteiger partial charge < -0.3 is 14.4 Å². The molecule has 3 aromatic rings. The van der Waals surface area contributed by atoms with Crippen LogP contribution in [0.15, 0.2) is 41.3 Å². The molecule has 9 heteroatoms. The zero-order chi connectivity index (χ0) is 21.3. The summed E-state index contributed by atoms with van der Waals surface area (Å²) in [6.07, 6.45) is 0. The quantitative estimate of drug-likeness (QED) is 0.619. The number of phenols is 1. The Morgan fingerprint density at radius 1 is 1.21 bits per heavy atom. The van der Waals surface area contributed by atoms with E-state index in [0.29, 0.717) is 23.4 Å². The van der Waals surface area contributed by atoms with E-state index in [9.17, 15) is 18.3 Å². The van der Waals surface area contributed by atoms with Crippen LogP contribution in [0.4, 0.5) is 0 Å². The Bertz CT molecular complexity index is 1180. The Kier molecular flexibility index (Phi) is 5.63. The van der Waals surface area contributed by atoms with E-state index in [1.165, 1.54) is 32.3 Å². The molecule has 1 aromatic heterocycles. The SMILES string of the molecule is CCn1c(COC(=O)c2ccc(C)c(O)c2)nc2cc(S(=O)(=O)N(C)C)ccc21. The van der Waals surface area contributed by atoms with Crippen LogP contribution in [0.25, 0.3) is 11.0 Å². The number of fused-ring (bicyclic) bond motifs is 1. The zero-order valence-electron chi connectivity index (χ0n) is 16.7. The van der Waals surface area contributed by atoms with Gasteiger partial charge in [0, 0.05) is 20.6 Å². The lowest BCUT2D eigenvalue weighted by atomic mass is 10.1. The molecule has 0 saturated heterocycles. The number of ether oxygens (including phenoxy) is 1. The van der Waals surface area contributed by atoms with Crippen LogP contribution in [0.3, 0.4) is 0 Å². The van der Waals surface area contributed by atoms with Gasteiger partial charge in [-0.2, -0.15) is 0 Å². The number of nitrogens with zero attached hydrogens (tertiary/aromatic N) is 3. The number of aryl methyl sites for hydroxylation is 2. The number of imidazole rings is 1. The highest BCUT2D eigenvalue weighted by molar-refractivity contribution is 7.89. The fraction of sp³-hybridized carbons (Fsp3) is 0.300. The normalized spacial score (nSPS) is 11.9. The number of sulfonamides is 1. The molecule has 8 nitrogen and oxygen atoms in total. The van der Waals surface area contributed by atoms with Crippen LogP contribution >= 0.6 is 0 Å². The third-order valence-corrected chi connectivity index (χ3v) is 6.48. The smallest absolute Gasteiger partial charge is 0.338 e. The highest BCUT2D eigenvalue weighted by Gasteiger charge is 2.20. The first-order chi connectivity index (χ1) is 13.6. The lowest BCUT2D eigenvalue weighted by Gasteiger charge is -2.11. The number of carbonyl (C=O) groups excluding carboxylic acids is 1. The summed E-state index contributed by atoms with van der Waals surface area (Å²) < 4.78 is 33.1. The fourth-order valence-corrected chi connectivity index (χ4v) is 3.87. The molecule has 0 unspecified atom stereocenters. The third kappa shape index (κ3) is 3.96. The summed E-state index contributed by atoms with van der Waals surface area (Å²) >= 11 is 0. The standard InChI is InChI=1S/C20H23N3O5S/c1-5-23-17-9-8-15(29(26,27)22(3)4)11-16(17)21-19(23)12-28-20(25)14-7-6-13(2)18(24)10-14/h6-11,24H,5,12H2,1-4H3. The van der Waals surface area contributed by atoms with Crippen molar-refractivity contribution in [1.82, 2.24) is 13.9 Å². The van der Waals surface area contributed by atoms with E-state index in [1.54, 1.807) is 25.1 Å². The molecule has 1 N–H and O–H groups in total. The number of hydrogen-bond acceptors (Lipinski definition) is 6. The summed E-state index contributed by atoms with van der Waals surface area (Å²) in [5.41, 5.74) is 2.17. The first-order valence-corrected chi connectivity index (χ1v) is 10.5. The molecule has 0 aliphatic heterocycles. The van der Waals surface area contributed by atoms with Gasteiger partial charge in [0.25, 0.3) is 0 Å². The maximum atomic E-state index is 12.4. The van der Waals surface area contributed by atoms with Crippen LogP contribution < -0.4 is 0 Å². The van der Waals surface area contributed by atoms with Gasteiger partial charge in [-0.15, -0.1) is 0 Å². The van der Waals surface area contributed by atoms with Crippen molar-refractivity contribution in [3.63, 3.8) is 0 Å². The average Bonchev–Trinajstić information content (AvgIpc) is 3.04. The second-order valence-electron chi connectivity index (χ2n) is 6.79. The minimum absolute atomic E-state index is 0.0230. The maximum Gasteiger partial charge on any atom is 0.338 e. The highest BCUT2D eigenvalue weighted by atomic mass is 32.2. The van der Waals surface area contributed by atoms with Crippen LogP contribution in [0.1, 0.15) is 28.7 Å². The van der Waals surface area contributed by atoms with E-state index in [1.807, 2.05) is 11.5 Å². The Hall–Kier alpha value is -2.91. The first-order valence-electron chi connectivity index (χ1n) is 9.03. The van der Waals surface area contributed by atoms with Crippen molar-refractivity contribution in [2.75, 3.05) is 14.1 Å². The number of esters is 1. The summed E-state index contributed by atoms with van der Waals surface area (Å²) in [7, 11) is -0.633. The zero-order valence-corrected chi connectivity index (χ0v) is 17.5. The molecular formula is C20H23N3O5S. The molecule has 0 aliphatic rings. The van der Waals surface area contributed by atoms with Gasteiger partial charge in [0.05, 0.1) is 21.5 Å². The van der Waals surface area contributed by atoms with Gasteiger partial charge >= 0.3 is 5.97 Å². The van der Waals surface area contributed by atoms with Crippen LogP contribution in [0.2, 0.25) is 0 Å². The van der Waals surface area contributed by atoms with E-state index >= 15 is 0 Å². The number of aromatic hydroxyl groups is 1. The van der Waals surface area contributed by atoms with E-state index in [-0.39, 0.29) is 22.8 Å². The molecule has 3 rings (SSSR count). The van der Waals surface area contributed by atoms with Gasteiger partial charge in [-0.05, 0) is 49.7 Å². The molecule has 2 aromatic carbocycles. The second kappa shape index (κ2) is 7.84. The highest BCUT2D eigenvalue weighted by Crippen LogP contribution is 2.23. The largest absolute Gasteiger partial charge is 0.508 e. The maximum absolute atomic E-state index is 12.4. The van der Waals surface area contributed by atoms with Crippen LogP contribution in [0, 0.1) is 6.92 Å². The molecule has 154 valence electrons. The minimum atomic E-state index is -3.57. The molecule has 0 aliphatic carbocycles. The number of phenolic OH excluding ortho intramolecular Hbond substituents is 1. The predicted molar refractivity (Wildman–Crippen MR) is 108 cm³/mol. The van der Waals surface area contributed by atoms with E-state index in [0.717, 1.165) is 9.82 Å². The van der Waals surface area contributed by atoms with Crippen molar-refractivity contribution in [2.45, 2.75) is 31.9 Å². The summed E-state index contributed by atoms with van der Waals surface area (Å²) in [4.78, 5) is 16.9. The van der Waals surface area contributed by atoms with Crippen LogP contribution in [-0.2, 0) is 27.9 Å². The van der Waals surface area contributed by atoms with Crippen molar-refractivity contribution < 1.29 is 23.1 Å². The Labute approximate surface area is 169 Å². The number of rotatable bonds is 6. The minimum Gasteiger partial charge on any atom is -0.508 e. The predicted octanol–water partition coefficient (Wildman–Crippen LogP) is 2.68. The van der Waals surface area contributed by atoms with Crippen LogP contribution in [-0.4, -0.2) is 47.4 Å². The van der Waals surface area contributed by atoms with Gasteiger partial charge in [-0.25, -0.2) is 22.5 Å². The monoisotopic (exact) mass is 417 g/mol. The van der Waals surface area contributed by atoms with Gasteiger partial charge in [-0.3, -0.25) is 0 Å². The Morgan fingerprint density at radius 3 is 2.55 bits per heavy atom. The Balaban J connectivity index is 1.89. The van der Waals surface area contributed by atoms with E-state index < -0.39 is 16.0 Å². The number of aromatic nitrogens is 2. The summed E-state index contributed by atoms with van der Waals surface area (Å²) in [6.45, 7) is 4.16. The molecule has 0 fully saturated rings. The molecule has 0 radical (unpaired) electrons. The number of hydrogen-bond donors (Lipinski definition) is 1. The van der Waals surface area contributed by atoms with Crippen molar-refractivity contribution in [3.05, 3.63) is 53.3 Å². The lowest BCUT2D eigenvalue weighted by molar-refractivity contribution is 0.0458. The van der Waals surface area contributed by atoms with Crippen molar-refractivity contribution in [3.8, 4) is 5.75 Å². The van der Waals surface area contributed by atoms with E-state index in [2.05, 4.69) is 4.98 Å². The second-order valence-corrected chi connectivity index (χ2v) is 8.94. The molecule has 0 saturated carbocycles. The van der Waals surface area contributed by atoms with E-state index in [4.69, 9.17) is 4.74 Å². The van der Waals surface area contributed by atoms with Gasteiger partial charge in [0.2, 0.25) is 10.0 Å². The molecule has 0 bridgehead atoms. The third-order valence-electron chi connectivity index (χ3n) is 4.67. The molecule has 0 amide bonds. The van der Waals surface area contributed by atoms with Crippen molar-refractivity contribution in [2.24, 2.45) is 0 Å². The summed E-state index contributed by atoms with van der Waals surface area (Å²) in [5, 5.41) is 9.77. The lowest BCUT2D eigenvalue weighted by Crippen LogP contribution is -2.22. The average molecular weight is 417 g/mol. The fourth-order valence-electron chi connectivity index (χ4n) is 2.94. The van der Waals surface area contributed by atoms with Crippen molar-refractivity contribution in [1.29, 1.82) is 0 Å². The molecular weight excluding hydrogens is 394 g/mol. The molecule has 1 heterocycles. The number of benzene rings is 2. The van der Waals surface area contributed by atoms with Gasteiger partial charge in [0.15, 0.2) is 0 Å². The van der Waals surface area contributed by atoms with Gasteiger partial charge in [-0.1, -0.05) is 6.07 Å². The summed E-state index contributed by atoms with van der Waals surface area (Å²) in [6, 6.07) is 9.33. The summed E-state index contributed by atoms with van der Waals surface area (Å²) in [5.74, 6) is -0.0488. The Morgan fingerprint density at radius 2 is 1.93 bits per heavy atom. The van der Waals surface area contributed by atoms with Gasteiger partial charge in [0.1, 0.15) is 18.2 Å². The topological polar surface area (TPSA) is 102 Å². The van der Waals surface area contributed by atoms with Crippen molar-refractivity contribution >= 4 is 27.0 Å². The van der Waals surface area contributed by atoms with Crippen LogP contribution in [0.5, 0.6) is 5.75 Å².